The Balaban J connectivity index is 1.75. The van der Waals surface area contributed by atoms with Gasteiger partial charge in [-0.25, -0.2) is 0 Å². The molecule has 3 nitrogen and oxygen atoms in total. The summed E-state index contributed by atoms with van der Waals surface area (Å²) in [4.78, 5) is 0. The monoisotopic (exact) mass is 265 g/mol. The lowest BCUT2D eigenvalue weighted by Gasteiger charge is -2.26. The molecule has 1 aromatic rings. The van der Waals surface area contributed by atoms with Gasteiger partial charge in [-0.3, -0.25) is 0 Å². The van der Waals surface area contributed by atoms with E-state index in [4.69, 9.17) is 9.47 Å². The molecule has 2 aliphatic rings. The minimum Gasteiger partial charge on any atom is -0.489 e. The molecule has 1 aromatic carbocycles. The van der Waals surface area contributed by atoms with Crippen molar-refractivity contribution >= 4 is 11.8 Å². The third-order valence-electron chi connectivity index (χ3n) is 3.38. The predicted octanol–water partition coefficient (Wildman–Crippen LogP) is 2.23. The van der Waals surface area contributed by atoms with E-state index >= 15 is 0 Å². The highest BCUT2D eigenvalue weighted by atomic mass is 32.2. The first-order chi connectivity index (χ1) is 8.93. The zero-order chi connectivity index (χ0) is 12.2. The summed E-state index contributed by atoms with van der Waals surface area (Å²) in [6.07, 6.45) is 1.65. The second kappa shape index (κ2) is 5.95. The van der Waals surface area contributed by atoms with Gasteiger partial charge < -0.3 is 14.8 Å². The van der Waals surface area contributed by atoms with Crippen LogP contribution in [0.5, 0.6) is 5.75 Å². The van der Waals surface area contributed by atoms with Gasteiger partial charge in [0.15, 0.2) is 0 Å². The molecular weight excluding hydrogens is 246 g/mol. The lowest BCUT2D eigenvalue weighted by Crippen LogP contribution is -2.33. The number of hydrogen-bond donors (Lipinski definition) is 1. The van der Waals surface area contributed by atoms with E-state index in [1.165, 1.54) is 11.3 Å². The second-order valence-electron chi connectivity index (χ2n) is 4.70. The maximum atomic E-state index is 6.13. The van der Waals surface area contributed by atoms with Crippen LogP contribution in [0.25, 0.3) is 0 Å². The molecule has 2 aliphatic heterocycles. The van der Waals surface area contributed by atoms with Gasteiger partial charge in [-0.05, 0) is 18.2 Å². The van der Waals surface area contributed by atoms with Gasteiger partial charge in [-0.15, -0.1) is 0 Å². The fraction of sp³-hybridized carbons (Fsp3) is 0.571. The standard InChI is InChI=1S/C14H19NO2S/c1-2-4-13(17-11-5-8-18-10-11)12(3-1)14-9-15-6-7-16-14/h1-4,11,14-15H,5-10H2. The highest BCUT2D eigenvalue weighted by Crippen LogP contribution is 2.31. The second-order valence-corrected chi connectivity index (χ2v) is 5.85. The van der Waals surface area contributed by atoms with Crippen molar-refractivity contribution < 1.29 is 9.47 Å². The quantitative estimate of drug-likeness (QED) is 0.908. The van der Waals surface area contributed by atoms with Gasteiger partial charge in [0.2, 0.25) is 0 Å². The number of hydrogen-bond acceptors (Lipinski definition) is 4. The number of thioether (sulfide) groups is 1. The first kappa shape index (κ1) is 12.3. The van der Waals surface area contributed by atoms with Gasteiger partial charge in [0, 0.05) is 24.4 Å². The molecule has 18 heavy (non-hydrogen) atoms. The van der Waals surface area contributed by atoms with Crippen LogP contribution in [-0.4, -0.2) is 37.3 Å². The average molecular weight is 265 g/mol. The summed E-state index contributed by atoms with van der Waals surface area (Å²) >= 11 is 1.97. The summed E-state index contributed by atoms with van der Waals surface area (Å²) in [6.45, 7) is 2.59. The van der Waals surface area contributed by atoms with Crippen LogP contribution in [0.3, 0.4) is 0 Å². The highest BCUT2D eigenvalue weighted by molar-refractivity contribution is 7.99. The molecule has 2 saturated heterocycles. The van der Waals surface area contributed by atoms with Crippen molar-refractivity contribution in [2.45, 2.75) is 18.6 Å². The van der Waals surface area contributed by atoms with Gasteiger partial charge in [0.05, 0.1) is 12.7 Å². The van der Waals surface area contributed by atoms with Gasteiger partial charge in [-0.2, -0.15) is 11.8 Å². The maximum Gasteiger partial charge on any atom is 0.125 e. The Morgan fingerprint density at radius 1 is 1.33 bits per heavy atom. The van der Waals surface area contributed by atoms with E-state index in [1.807, 2.05) is 17.8 Å². The van der Waals surface area contributed by atoms with Crippen molar-refractivity contribution in [3.05, 3.63) is 29.8 Å². The Hall–Kier alpha value is -0.710. The van der Waals surface area contributed by atoms with Crippen LogP contribution in [0.15, 0.2) is 24.3 Å². The maximum absolute atomic E-state index is 6.13. The molecule has 2 unspecified atom stereocenters. The van der Waals surface area contributed by atoms with Crippen LogP contribution in [0, 0.1) is 0 Å². The van der Waals surface area contributed by atoms with Gasteiger partial charge >= 0.3 is 0 Å². The summed E-state index contributed by atoms with van der Waals surface area (Å²) < 4.78 is 12.0. The Labute approximate surface area is 112 Å². The van der Waals surface area contributed by atoms with E-state index in [9.17, 15) is 0 Å². The summed E-state index contributed by atoms with van der Waals surface area (Å²) in [6, 6.07) is 8.28. The lowest BCUT2D eigenvalue weighted by atomic mass is 10.1. The Bertz CT molecular complexity index is 387. The lowest BCUT2D eigenvalue weighted by molar-refractivity contribution is 0.0252. The summed E-state index contributed by atoms with van der Waals surface area (Å²) in [5.41, 5.74) is 1.18. The first-order valence-corrected chi connectivity index (χ1v) is 7.74. The van der Waals surface area contributed by atoms with Crippen molar-refractivity contribution in [1.29, 1.82) is 0 Å². The van der Waals surface area contributed by atoms with E-state index in [1.54, 1.807) is 0 Å². The number of morpholine rings is 1. The molecule has 3 rings (SSSR count). The van der Waals surface area contributed by atoms with E-state index in [2.05, 4.69) is 23.5 Å². The molecule has 98 valence electrons. The Kier molecular flexibility index (Phi) is 4.08. The van der Waals surface area contributed by atoms with E-state index in [-0.39, 0.29) is 6.10 Å². The predicted molar refractivity (Wildman–Crippen MR) is 74.4 cm³/mol. The smallest absolute Gasteiger partial charge is 0.125 e. The van der Waals surface area contributed by atoms with Crippen molar-refractivity contribution in [1.82, 2.24) is 5.32 Å². The molecule has 0 aliphatic carbocycles. The molecule has 1 N–H and O–H groups in total. The third-order valence-corrected chi connectivity index (χ3v) is 4.51. The molecule has 2 atom stereocenters. The molecule has 2 fully saturated rings. The van der Waals surface area contributed by atoms with E-state index in [0.717, 1.165) is 37.6 Å². The zero-order valence-corrected chi connectivity index (χ0v) is 11.2. The van der Waals surface area contributed by atoms with Crippen molar-refractivity contribution in [2.24, 2.45) is 0 Å². The van der Waals surface area contributed by atoms with Crippen LogP contribution in [0.1, 0.15) is 18.1 Å². The van der Waals surface area contributed by atoms with E-state index in [0.29, 0.717) is 6.10 Å². The molecular formula is C14H19NO2S. The normalized spacial score (nSPS) is 28.2. The molecule has 0 spiro atoms. The van der Waals surface area contributed by atoms with Gasteiger partial charge in [0.25, 0.3) is 0 Å². The summed E-state index contributed by atoms with van der Waals surface area (Å²) in [7, 11) is 0. The SMILES string of the molecule is c1ccc(C2CNCCO2)c(OC2CCSC2)c1. The fourth-order valence-electron chi connectivity index (χ4n) is 2.40. The van der Waals surface area contributed by atoms with Crippen LogP contribution in [0.4, 0.5) is 0 Å². The van der Waals surface area contributed by atoms with Crippen molar-refractivity contribution in [2.75, 3.05) is 31.2 Å². The average Bonchev–Trinajstić information content (AvgIpc) is 2.93. The first-order valence-electron chi connectivity index (χ1n) is 6.59. The minimum atomic E-state index is 0.129. The van der Waals surface area contributed by atoms with Crippen LogP contribution in [-0.2, 0) is 4.74 Å². The van der Waals surface area contributed by atoms with Crippen LogP contribution in [0.2, 0.25) is 0 Å². The van der Waals surface area contributed by atoms with Crippen LogP contribution < -0.4 is 10.1 Å². The highest BCUT2D eigenvalue weighted by Gasteiger charge is 2.22. The van der Waals surface area contributed by atoms with Crippen molar-refractivity contribution in [3.8, 4) is 5.75 Å². The molecule has 0 bridgehead atoms. The molecule has 2 heterocycles. The van der Waals surface area contributed by atoms with Gasteiger partial charge in [-0.1, -0.05) is 18.2 Å². The molecule has 0 amide bonds. The van der Waals surface area contributed by atoms with Crippen LogP contribution >= 0.6 is 11.8 Å². The largest absolute Gasteiger partial charge is 0.489 e. The molecule has 4 heteroatoms. The Morgan fingerprint density at radius 2 is 2.28 bits per heavy atom. The minimum absolute atomic E-state index is 0.129. The fourth-order valence-corrected chi connectivity index (χ4v) is 3.50. The zero-order valence-electron chi connectivity index (χ0n) is 10.4. The number of rotatable bonds is 3. The number of ether oxygens (including phenoxy) is 2. The summed E-state index contributed by atoms with van der Waals surface area (Å²) in [5.74, 6) is 3.32. The Morgan fingerprint density at radius 3 is 3.06 bits per heavy atom. The third kappa shape index (κ3) is 2.82. The number of benzene rings is 1. The van der Waals surface area contributed by atoms with Crippen molar-refractivity contribution in [3.63, 3.8) is 0 Å². The summed E-state index contributed by atoms with van der Waals surface area (Å²) in [5, 5.41) is 3.37. The van der Waals surface area contributed by atoms with Gasteiger partial charge in [0.1, 0.15) is 11.9 Å². The number of nitrogens with one attached hydrogen (secondary N) is 1. The molecule has 0 saturated carbocycles. The number of para-hydroxylation sites is 1. The van der Waals surface area contributed by atoms with E-state index < -0.39 is 0 Å². The molecule has 0 radical (unpaired) electrons. The molecule has 0 aromatic heterocycles. The topological polar surface area (TPSA) is 30.5 Å².